The zero-order chi connectivity index (χ0) is 11.4. The second-order valence-corrected chi connectivity index (χ2v) is 3.60. The molecule has 1 aromatic carbocycles. The van der Waals surface area contributed by atoms with Crippen molar-refractivity contribution in [2.24, 2.45) is 0 Å². The number of ether oxygens (including phenoxy) is 2. The van der Waals surface area contributed by atoms with Gasteiger partial charge in [0.05, 0.1) is 37.6 Å². The third-order valence-corrected chi connectivity index (χ3v) is 2.66. The molecule has 0 aliphatic carbocycles. The lowest BCUT2D eigenvalue weighted by atomic mass is 10.2. The number of hydrogen-bond acceptors (Lipinski definition) is 4. The summed E-state index contributed by atoms with van der Waals surface area (Å²) in [4.78, 5) is 2.18. The van der Waals surface area contributed by atoms with Gasteiger partial charge in [-0.2, -0.15) is 5.26 Å². The smallest absolute Gasteiger partial charge is 0.142 e. The lowest BCUT2D eigenvalue weighted by Gasteiger charge is -2.30. The van der Waals surface area contributed by atoms with Crippen LogP contribution < -0.4 is 9.64 Å². The van der Waals surface area contributed by atoms with Crippen LogP contribution in [0.2, 0.25) is 0 Å². The van der Waals surface area contributed by atoms with Crippen LogP contribution in [0.25, 0.3) is 0 Å². The number of hydrogen-bond donors (Lipinski definition) is 0. The minimum Gasteiger partial charge on any atom is -0.495 e. The molecule has 84 valence electrons. The van der Waals surface area contributed by atoms with Crippen LogP contribution in [0.5, 0.6) is 5.75 Å². The molecule has 1 fully saturated rings. The number of nitrogens with zero attached hydrogens (tertiary/aromatic N) is 2. The first-order valence-electron chi connectivity index (χ1n) is 5.26. The van der Waals surface area contributed by atoms with Crippen molar-refractivity contribution >= 4 is 5.69 Å². The molecule has 16 heavy (non-hydrogen) atoms. The van der Waals surface area contributed by atoms with Crippen molar-refractivity contribution in [3.63, 3.8) is 0 Å². The molecule has 0 atom stereocenters. The van der Waals surface area contributed by atoms with E-state index < -0.39 is 0 Å². The lowest BCUT2D eigenvalue weighted by molar-refractivity contribution is 0.122. The van der Waals surface area contributed by atoms with Crippen LogP contribution in [0.3, 0.4) is 0 Å². The van der Waals surface area contributed by atoms with Gasteiger partial charge in [-0.1, -0.05) is 0 Å². The highest BCUT2D eigenvalue weighted by atomic mass is 16.5. The van der Waals surface area contributed by atoms with E-state index in [1.54, 1.807) is 13.2 Å². The number of rotatable bonds is 2. The van der Waals surface area contributed by atoms with Crippen LogP contribution in [0.15, 0.2) is 18.2 Å². The predicted molar refractivity (Wildman–Crippen MR) is 60.7 cm³/mol. The Morgan fingerprint density at radius 1 is 1.38 bits per heavy atom. The zero-order valence-electron chi connectivity index (χ0n) is 9.27. The maximum Gasteiger partial charge on any atom is 0.142 e. The summed E-state index contributed by atoms with van der Waals surface area (Å²) in [5, 5.41) is 8.89. The second kappa shape index (κ2) is 4.86. The molecule has 0 N–H and O–H groups in total. The van der Waals surface area contributed by atoms with Gasteiger partial charge in [0.1, 0.15) is 5.75 Å². The van der Waals surface area contributed by atoms with E-state index in [1.165, 1.54) is 0 Å². The Balaban J connectivity index is 2.32. The quantitative estimate of drug-likeness (QED) is 0.752. The van der Waals surface area contributed by atoms with Crippen molar-refractivity contribution in [1.82, 2.24) is 0 Å². The van der Waals surface area contributed by atoms with E-state index in [0.29, 0.717) is 5.56 Å². The highest BCUT2D eigenvalue weighted by Gasteiger charge is 2.15. The van der Waals surface area contributed by atoms with E-state index in [2.05, 4.69) is 11.0 Å². The number of benzene rings is 1. The summed E-state index contributed by atoms with van der Waals surface area (Å²) in [5.74, 6) is 0.806. The SMILES string of the molecule is COc1ccc(C#N)cc1N1CCOCC1. The van der Waals surface area contributed by atoms with Crippen molar-refractivity contribution in [2.75, 3.05) is 38.3 Å². The fraction of sp³-hybridized carbons (Fsp3) is 0.417. The molecule has 1 aromatic rings. The average Bonchev–Trinajstić information content (AvgIpc) is 2.39. The van der Waals surface area contributed by atoms with Gasteiger partial charge >= 0.3 is 0 Å². The molecule has 2 rings (SSSR count). The highest BCUT2D eigenvalue weighted by molar-refractivity contribution is 5.62. The maximum atomic E-state index is 8.89. The van der Waals surface area contributed by atoms with Crippen molar-refractivity contribution in [1.29, 1.82) is 5.26 Å². The summed E-state index contributed by atoms with van der Waals surface area (Å²) >= 11 is 0. The van der Waals surface area contributed by atoms with E-state index in [9.17, 15) is 0 Å². The molecule has 4 heteroatoms. The standard InChI is InChI=1S/C12H14N2O2/c1-15-12-3-2-10(9-13)8-11(12)14-4-6-16-7-5-14/h2-3,8H,4-7H2,1H3. The molecule has 0 amide bonds. The van der Waals surface area contributed by atoms with Crippen LogP contribution in [-0.4, -0.2) is 33.4 Å². The van der Waals surface area contributed by atoms with Gasteiger partial charge < -0.3 is 14.4 Å². The third kappa shape index (κ3) is 2.10. The Morgan fingerprint density at radius 3 is 2.75 bits per heavy atom. The van der Waals surface area contributed by atoms with E-state index in [-0.39, 0.29) is 0 Å². The molecular formula is C12H14N2O2. The van der Waals surface area contributed by atoms with Crippen LogP contribution in [0, 0.1) is 11.3 Å². The molecule has 1 aliphatic rings. The van der Waals surface area contributed by atoms with Gasteiger partial charge in [-0.3, -0.25) is 0 Å². The average molecular weight is 218 g/mol. The van der Waals surface area contributed by atoms with Crippen LogP contribution in [-0.2, 0) is 4.74 Å². The van der Waals surface area contributed by atoms with Crippen molar-refractivity contribution in [2.45, 2.75) is 0 Å². The van der Waals surface area contributed by atoms with Gasteiger partial charge in [0, 0.05) is 13.1 Å². The van der Waals surface area contributed by atoms with Gasteiger partial charge in [-0.25, -0.2) is 0 Å². The Kier molecular flexibility index (Phi) is 3.28. The van der Waals surface area contributed by atoms with E-state index in [0.717, 1.165) is 37.7 Å². The topological polar surface area (TPSA) is 45.5 Å². The Hall–Kier alpha value is -1.73. The first kappa shape index (κ1) is 10.8. The van der Waals surface area contributed by atoms with Gasteiger partial charge in [0.2, 0.25) is 0 Å². The normalized spacial score (nSPS) is 15.6. The first-order valence-corrected chi connectivity index (χ1v) is 5.26. The summed E-state index contributed by atoms with van der Waals surface area (Å²) in [6, 6.07) is 7.61. The van der Waals surface area contributed by atoms with Gasteiger partial charge in [0.15, 0.2) is 0 Å². The summed E-state index contributed by atoms with van der Waals surface area (Å²) in [7, 11) is 1.64. The molecule has 4 nitrogen and oxygen atoms in total. The van der Waals surface area contributed by atoms with Crippen molar-refractivity contribution in [3.05, 3.63) is 23.8 Å². The fourth-order valence-corrected chi connectivity index (χ4v) is 1.81. The number of methoxy groups -OCH3 is 1. The Bertz CT molecular complexity index is 406. The van der Waals surface area contributed by atoms with Crippen molar-refractivity contribution in [3.8, 4) is 11.8 Å². The monoisotopic (exact) mass is 218 g/mol. The molecule has 0 spiro atoms. The fourth-order valence-electron chi connectivity index (χ4n) is 1.81. The number of anilines is 1. The Labute approximate surface area is 95.0 Å². The summed E-state index contributed by atoms with van der Waals surface area (Å²) in [6.45, 7) is 3.12. The zero-order valence-corrected chi connectivity index (χ0v) is 9.27. The van der Waals surface area contributed by atoms with Crippen molar-refractivity contribution < 1.29 is 9.47 Å². The van der Waals surface area contributed by atoms with E-state index in [4.69, 9.17) is 14.7 Å². The summed E-state index contributed by atoms with van der Waals surface area (Å²) in [6.07, 6.45) is 0. The predicted octanol–water partition coefficient (Wildman–Crippen LogP) is 1.40. The molecule has 1 aliphatic heterocycles. The third-order valence-electron chi connectivity index (χ3n) is 2.66. The number of nitriles is 1. The molecular weight excluding hydrogens is 204 g/mol. The van der Waals surface area contributed by atoms with Gasteiger partial charge in [-0.05, 0) is 18.2 Å². The molecule has 0 saturated carbocycles. The second-order valence-electron chi connectivity index (χ2n) is 3.60. The van der Waals surface area contributed by atoms with Crippen LogP contribution >= 0.6 is 0 Å². The molecule has 0 aromatic heterocycles. The molecule has 0 radical (unpaired) electrons. The maximum absolute atomic E-state index is 8.89. The minimum absolute atomic E-state index is 0.655. The molecule has 0 unspecified atom stereocenters. The van der Waals surface area contributed by atoms with Crippen LogP contribution in [0.1, 0.15) is 5.56 Å². The highest BCUT2D eigenvalue weighted by Crippen LogP contribution is 2.29. The molecule has 1 saturated heterocycles. The summed E-state index contributed by atoms with van der Waals surface area (Å²) in [5.41, 5.74) is 1.63. The summed E-state index contributed by atoms with van der Waals surface area (Å²) < 4.78 is 10.6. The van der Waals surface area contributed by atoms with E-state index in [1.807, 2.05) is 12.1 Å². The Morgan fingerprint density at radius 2 is 2.12 bits per heavy atom. The molecule has 0 bridgehead atoms. The van der Waals surface area contributed by atoms with E-state index >= 15 is 0 Å². The molecule has 1 heterocycles. The first-order chi connectivity index (χ1) is 7.85. The van der Waals surface area contributed by atoms with Gasteiger partial charge in [-0.15, -0.1) is 0 Å². The van der Waals surface area contributed by atoms with Crippen LogP contribution in [0.4, 0.5) is 5.69 Å². The minimum atomic E-state index is 0.655. The lowest BCUT2D eigenvalue weighted by Crippen LogP contribution is -2.36. The van der Waals surface area contributed by atoms with Gasteiger partial charge in [0.25, 0.3) is 0 Å². The number of morpholine rings is 1. The largest absolute Gasteiger partial charge is 0.495 e.